The van der Waals surface area contributed by atoms with Crippen molar-refractivity contribution in [3.05, 3.63) is 71.2 Å². The Hall–Kier alpha value is -3.03. The van der Waals surface area contributed by atoms with Crippen LogP contribution in [0.5, 0.6) is 0 Å². The predicted octanol–water partition coefficient (Wildman–Crippen LogP) is 3.36. The van der Waals surface area contributed by atoms with E-state index in [9.17, 15) is 9.18 Å². The molecule has 0 bridgehead atoms. The third-order valence-corrected chi connectivity index (χ3v) is 5.50. The van der Waals surface area contributed by atoms with Gasteiger partial charge in [0.05, 0.1) is 24.6 Å². The number of carbonyl (C=O) groups is 1. The molecule has 1 aliphatic heterocycles. The number of hydrogen-bond acceptors (Lipinski definition) is 4. The highest BCUT2D eigenvalue weighted by molar-refractivity contribution is 5.94. The molecule has 7 heteroatoms. The van der Waals surface area contributed by atoms with E-state index < -0.39 is 0 Å². The van der Waals surface area contributed by atoms with E-state index in [1.165, 1.54) is 6.07 Å². The second kappa shape index (κ2) is 9.41. The fourth-order valence-corrected chi connectivity index (χ4v) is 3.72. The zero-order chi connectivity index (χ0) is 21.8. The smallest absolute Gasteiger partial charge is 0.270 e. The van der Waals surface area contributed by atoms with Gasteiger partial charge < -0.3 is 10.1 Å². The van der Waals surface area contributed by atoms with Crippen LogP contribution in [0.2, 0.25) is 0 Å². The average Bonchev–Trinajstić information content (AvgIpc) is 3.21. The molecule has 6 nitrogen and oxygen atoms in total. The molecule has 1 N–H and O–H groups in total. The molecular formula is C24H27FN4O2. The lowest BCUT2D eigenvalue weighted by Crippen LogP contribution is -2.41. The summed E-state index contributed by atoms with van der Waals surface area (Å²) in [4.78, 5) is 15.4. The van der Waals surface area contributed by atoms with Gasteiger partial charge in [0.1, 0.15) is 11.5 Å². The molecule has 0 radical (unpaired) electrons. The van der Waals surface area contributed by atoms with Crippen LogP contribution in [-0.2, 0) is 4.74 Å². The maximum Gasteiger partial charge on any atom is 0.270 e. The van der Waals surface area contributed by atoms with Crippen molar-refractivity contribution >= 4 is 5.91 Å². The monoisotopic (exact) mass is 422 g/mol. The van der Waals surface area contributed by atoms with Gasteiger partial charge in [-0.2, -0.15) is 5.10 Å². The number of amides is 1. The molecule has 0 unspecified atom stereocenters. The lowest BCUT2D eigenvalue weighted by atomic mass is 10.1. The van der Waals surface area contributed by atoms with E-state index in [0.717, 1.165) is 49.7 Å². The number of hydrogen-bond donors (Lipinski definition) is 1. The lowest BCUT2D eigenvalue weighted by molar-refractivity contribution is 0.0383. The molecule has 0 atom stereocenters. The van der Waals surface area contributed by atoms with Crippen LogP contribution in [0.25, 0.3) is 16.9 Å². The fraction of sp³-hybridized carbons (Fsp3) is 0.333. The fourth-order valence-electron chi connectivity index (χ4n) is 3.72. The van der Waals surface area contributed by atoms with Gasteiger partial charge in [-0.1, -0.05) is 24.3 Å². The normalized spacial score (nSPS) is 14.5. The minimum absolute atomic E-state index is 0.232. The Morgan fingerprint density at radius 3 is 2.68 bits per heavy atom. The molecule has 2 heterocycles. The SMILES string of the molecule is Cc1ccc(C)c(-n2nc(-c3ccccc3F)cc2C(=O)NCCN2CCOCC2)c1. The zero-order valence-electron chi connectivity index (χ0n) is 17.9. The molecule has 1 saturated heterocycles. The summed E-state index contributed by atoms with van der Waals surface area (Å²) in [6.07, 6.45) is 0. The third kappa shape index (κ3) is 4.84. The van der Waals surface area contributed by atoms with Gasteiger partial charge >= 0.3 is 0 Å². The van der Waals surface area contributed by atoms with Crippen LogP contribution in [0.3, 0.4) is 0 Å². The number of nitrogens with zero attached hydrogens (tertiary/aromatic N) is 3. The van der Waals surface area contributed by atoms with Crippen molar-refractivity contribution in [2.24, 2.45) is 0 Å². The number of ether oxygens (including phenoxy) is 1. The first-order chi connectivity index (χ1) is 15.0. The Bertz CT molecular complexity index is 1070. The number of aryl methyl sites for hydroxylation is 2. The Labute approximate surface area is 181 Å². The van der Waals surface area contributed by atoms with E-state index in [4.69, 9.17) is 4.74 Å². The van der Waals surface area contributed by atoms with E-state index >= 15 is 0 Å². The first-order valence-electron chi connectivity index (χ1n) is 10.5. The van der Waals surface area contributed by atoms with Crippen LogP contribution in [0.4, 0.5) is 4.39 Å². The van der Waals surface area contributed by atoms with Gasteiger partial charge in [0.2, 0.25) is 0 Å². The number of halogens is 1. The molecule has 1 amide bonds. The van der Waals surface area contributed by atoms with E-state index in [2.05, 4.69) is 15.3 Å². The molecular weight excluding hydrogens is 395 g/mol. The van der Waals surface area contributed by atoms with Gasteiger partial charge in [-0.3, -0.25) is 9.69 Å². The first-order valence-corrected chi connectivity index (χ1v) is 10.5. The molecule has 31 heavy (non-hydrogen) atoms. The van der Waals surface area contributed by atoms with Crippen molar-refractivity contribution < 1.29 is 13.9 Å². The molecule has 1 fully saturated rings. The summed E-state index contributed by atoms with van der Waals surface area (Å²) in [6.45, 7) is 8.42. The first kappa shape index (κ1) is 21.2. The largest absolute Gasteiger partial charge is 0.379 e. The number of benzene rings is 2. The molecule has 0 spiro atoms. The van der Waals surface area contributed by atoms with E-state index in [1.807, 2.05) is 32.0 Å². The standard InChI is InChI=1S/C24H27FN4O2/c1-17-7-8-18(2)22(15-17)29-23(16-21(27-29)19-5-3-4-6-20(19)25)24(30)26-9-10-28-11-13-31-14-12-28/h3-8,15-16H,9-14H2,1-2H3,(H,26,30). The lowest BCUT2D eigenvalue weighted by Gasteiger charge is -2.26. The highest BCUT2D eigenvalue weighted by Gasteiger charge is 2.20. The third-order valence-electron chi connectivity index (χ3n) is 5.50. The molecule has 1 aromatic heterocycles. The average molecular weight is 423 g/mol. The van der Waals surface area contributed by atoms with Crippen LogP contribution in [0.1, 0.15) is 21.6 Å². The minimum atomic E-state index is -0.368. The van der Waals surface area contributed by atoms with Crippen molar-refractivity contribution in [2.75, 3.05) is 39.4 Å². The summed E-state index contributed by atoms with van der Waals surface area (Å²) in [6, 6.07) is 14.1. The van der Waals surface area contributed by atoms with Crippen molar-refractivity contribution in [2.45, 2.75) is 13.8 Å². The van der Waals surface area contributed by atoms with Crippen molar-refractivity contribution in [3.63, 3.8) is 0 Å². The van der Waals surface area contributed by atoms with Gasteiger partial charge in [-0.25, -0.2) is 9.07 Å². The highest BCUT2D eigenvalue weighted by atomic mass is 19.1. The second-order valence-electron chi connectivity index (χ2n) is 7.81. The maximum absolute atomic E-state index is 14.4. The van der Waals surface area contributed by atoms with Crippen LogP contribution in [-0.4, -0.2) is 60.0 Å². The minimum Gasteiger partial charge on any atom is -0.379 e. The summed E-state index contributed by atoms with van der Waals surface area (Å²) in [5.74, 6) is -0.600. The second-order valence-corrected chi connectivity index (χ2v) is 7.81. The summed E-state index contributed by atoms with van der Waals surface area (Å²) < 4.78 is 21.4. The Morgan fingerprint density at radius 2 is 1.90 bits per heavy atom. The number of morpholine rings is 1. The molecule has 3 aromatic rings. The highest BCUT2D eigenvalue weighted by Crippen LogP contribution is 2.25. The summed E-state index contributed by atoms with van der Waals surface area (Å²) in [5, 5.41) is 7.62. The molecule has 162 valence electrons. The summed E-state index contributed by atoms with van der Waals surface area (Å²) in [7, 11) is 0. The number of carbonyl (C=O) groups excluding carboxylic acids is 1. The van der Waals surface area contributed by atoms with Gasteiger partial charge in [0.15, 0.2) is 0 Å². The zero-order valence-corrected chi connectivity index (χ0v) is 17.9. The molecule has 4 rings (SSSR count). The Morgan fingerprint density at radius 1 is 1.13 bits per heavy atom. The maximum atomic E-state index is 14.4. The summed E-state index contributed by atoms with van der Waals surface area (Å²) in [5.41, 5.74) is 4.03. The molecule has 1 aliphatic rings. The van der Waals surface area contributed by atoms with Crippen molar-refractivity contribution in [1.29, 1.82) is 0 Å². The van der Waals surface area contributed by atoms with Gasteiger partial charge in [-0.15, -0.1) is 0 Å². The van der Waals surface area contributed by atoms with Gasteiger partial charge in [0.25, 0.3) is 5.91 Å². The van der Waals surface area contributed by atoms with Crippen molar-refractivity contribution in [1.82, 2.24) is 20.0 Å². The summed E-state index contributed by atoms with van der Waals surface area (Å²) >= 11 is 0. The number of rotatable bonds is 6. The topological polar surface area (TPSA) is 59.4 Å². The Balaban J connectivity index is 1.63. The van der Waals surface area contributed by atoms with Gasteiger partial charge in [-0.05, 0) is 49.2 Å². The quantitative estimate of drug-likeness (QED) is 0.662. The van der Waals surface area contributed by atoms with Gasteiger partial charge in [0, 0.05) is 31.7 Å². The van der Waals surface area contributed by atoms with E-state index in [-0.39, 0.29) is 11.7 Å². The predicted molar refractivity (Wildman–Crippen MR) is 118 cm³/mol. The van der Waals surface area contributed by atoms with Crippen LogP contribution in [0, 0.1) is 19.7 Å². The molecule has 2 aromatic carbocycles. The number of aromatic nitrogens is 2. The van der Waals surface area contributed by atoms with Crippen LogP contribution >= 0.6 is 0 Å². The Kier molecular flexibility index (Phi) is 6.44. The van der Waals surface area contributed by atoms with Crippen LogP contribution < -0.4 is 5.32 Å². The molecule has 0 saturated carbocycles. The van der Waals surface area contributed by atoms with E-state index in [0.29, 0.717) is 23.5 Å². The van der Waals surface area contributed by atoms with E-state index in [1.54, 1.807) is 28.9 Å². The van der Waals surface area contributed by atoms with Crippen molar-refractivity contribution in [3.8, 4) is 16.9 Å². The molecule has 0 aliphatic carbocycles. The number of nitrogens with one attached hydrogen (secondary N) is 1. The van der Waals surface area contributed by atoms with Crippen LogP contribution in [0.15, 0.2) is 48.5 Å².